The lowest BCUT2D eigenvalue weighted by molar-refractivity contribution is 0.354. The van der Waals surface area contributed by atoms with Crippen LogP contribution in [0.4, 0.5) is 0 Å². The van der Waals surface area contributed by atoms with Crippen molar-refractivity contribution < 1.29 is 9.47 Å². The second kappa shape index (κ2) is 3.52. The number of hydrogen-bond donors (Lipinski definition) is 0. The Morgan fingerprint density at radius 1 is 1.54 bits per heavy atom. The maximum atomic E-state index is 5.41. The number of benzene rings is 1. The summed E-state index contributed by atoms with van der Waals surface area (Å²) in [7, 11) is 0. The van der Waals surface area contributed by atoms with Crippen LogP contribution in [0.2, 0.25) is 0 Å². The Morgan fingerprint density at radius 3 is 3.31 bits per heavy atom. The van der Waals surface area contributed by atoms with Crippen LogP contribution in [0.1, 0.15) is 5.56 Å². The molecule has 2 nitrogen and oxygen atoms in total. The fourth-order valence-electron chi connectivity index (χ4n) is 1.41. The summed E-state index contributed by atoms with van der Waals surface area (Å²) in [4.78, 5) is 0. The van der Waals surface area contributed by atoms with Crippen LogP contribution >= 0.6 is 0 Å². The molecule has 1 heterocycles. The molecule has 0 fully saturated rings. The highest BCUT2D eigenvalue weighted by atomic mass is 16.5. The van der Waals surface area contributed by atoms with Gasteiger partial charge in [0.05, 0.1) is 6.61 Å². The van der Waals surface area contributed by atoms with Crippen LogP contribution in [0.15, 0.2) is 30.9 Å². The summed E-state index contributed by atoms with van der Waals surface area (Å²) >= 11 is 0. The fourth-order valence-corrected chi connectivity index (χ4v) is 1.41. The SMILES string of the molecule is C=CCOc1ccc2c(c1)CCO2. The van der Waals surface area contributed by atoms with Crippen LogP contribution in [-0.4, -0.2) is 13.2 Å². The molecule has 1 aliphatic rings. The molecule has 0 unspecified atom stereocenters. The summed E-state index contributed by atoms with van der Waals surface area (Å²) in [6, 6.07) is 5.92. The zero-order chi connectivity index (χ0) is 9.10. The molecule has 0 spiro atoms. The normalized spacial score (nSPS) is 13.2. The molecule has 13 heavy (non-hydrogen) atoms. The second-order valence-corrected chi connectivity index (χ2v) is 2.97. The third kappa shape index (κ3) is 1.66. The van der Waals surface area contributed by atoms with Gasteiger partial charge in [-0.2, -0.15) is 0 Å². The van der Waals surface area contributed by atoms with Gasteiger partial charge in [0.25, 0.3) is 0 Å². The van der Waals surface area contributed by atoms with Crippen LogP contribution in [0.5, 0.6) is 11.5 Å². The van der Waals surface area contributed by atoms with E-state index in [0.29, 0.717) is 6.61 Å². The topological polar surface area (TPSA) is 18.5 Å². The molecular weight excluding hydrogens is 164 g/mol. The molecule has 1 aliphatic heterocycles. The van der Waals surface area contributed by atoms with Gasteiger partial charge in [-0.1, -0.05) is 12.7 Å². The van der Waals surface area contributed by atoms with Gasteiger partial charge in [-0.25, -0.2) is 0 Å². The molecule has 0 amide bonds. The van der Waals surface area contributed by atoms with E-state index in [1.165, 1.54) is 5.56 Å². The Bertz CT molecular complexity index is 318. The molecule has 1 aromatic rings. The van der Waals surface area contributed by atoms with E-state index in [-0.39, 0.29) is 0 Å². The van der Waals surface area contributed by atoms with Gasteiger partial charge in [-0.05, 0) is 18.2 Å². The Balaban J connectivity index is 2.16. The van der Waals surface area contributed by atoms with Crippen molar-refractivity contribution in [1.29, 1.82) is 0 Å². The van der Waals surface area contributed by atoms with E-state index in [1.54, 1.807) is 6.08 Å². The predicted octanol–water partition coefficient (Wildman–Crippen LogP) is 2.19. The van der Waals surface area contributed by atoms with Crippen molar-refractivity contribution in [1.82, 2.24) is 0 Å². The Kier molecular flexibility index (Phi) is 2.21. The van der Waals surface area contributed by atoms with E-state index in [9.17, 15) is 0 Å². The first-order valence-electron chi connectivity index (χ1n) is 4.39. The summed E-state index contributed by atoms with van der Waals surface area (Å²) in [5.41, 5.74) is 1.24. The summed E-state index contributed by atoms with van der Waals surface area (Å²) < 4.78 is 10.8. The molecule has 0 saturated heterocycles. The highest BCUT2D eigenvalue weighted by molar-refractivity contribution is 5.42. The van der Waals surface area contributed by atoms with Crippen molar-refractivity contribution >= 4 is 0 Å². The predicted molar refractivity (Wildman–Crippen MR) is 51.3 cm³/mol. The highest BCUT2D eigenvalue weighted by Gasteiger charge is 2.11. The molecule has 0 aromatic heterocycles. The highest BCUT2D eigenvalue weighted by Crippen LogP contribution is 2.28. The molecule has 0 aliphatic carbocycles. The maximum absolute atomic E-state index is 5.41. The largest absolute Gasteiger partial charge is 0.493 e. The van der Waals surface area contributed by atoms with Crippen molar-refractivity contribution in [3.05, 3.63) is 36.4 Å². The van der Waals surface area contributed by atoms with E-state index in [4.69, 9.17) is 9.47 Å². The molecular formula is C11H12O2. The second-order valence-electron chi connectivity index (χ2n) is 2.97. The average Bonchev–Trinajstić information content (AvgIpc) is 2.61. The molecule has 1 aromatic carbocycles. The smallest absolute Gasteiger partial charge is 0.122 e. The molecule has 68 valence electrons. The zero-order valence-corrected chi connectivity index (χ0v) is 7.45. The van der Waals surface area contributed by atoms with Crippen LogP contribution in [-0.2, 0) is 6.42 Å². The number of fused-ring (bicyclic) bond motifs is 1. The molecule has 2 rings (SSSR count). The molecule has 0 radical (unpaired) electrons. The minimum atomic E-state index is 0.555. The first kappa shape index (κ1) is 8.17. The number of ether oxygens (including phenoxy) is 2. The van der Waals surface area contributed by atoms with Gasteiger partial charge in [0.1, 0.15) is 18.1 Å². The average molecular weight is 176 g/mol. The first-order valence-corrected chi connectivity index (χ1v) is 4.39. The Labute approximate surface area is 77.8 Å². The lowest BCUT2D eigenvalue weighted by Crippen LogP contribution is -1.92. The molecule has 0 saturated carbocycles. The zero-order valence-electron chi connectivity index (χ0n) is 7.45. The van der Waals surface area contributed by atoms with E-state index < -0.39 is 0 Å². The van der Waals surface area contributed by atoms with Gasteiger partial charge in [0.15, 0.2) is 0 Å². The molecule has 2 heteroatoms. The van der Waals surface area contributed by atoms with Crippen molar-refractivity contribution in [2.24, 2.45) is 0 Å². The van der Waals surface area contributed by atoms with Gasteiger partial charge in [-0.3, -0.25) is 0 Å². The summed E-state index contributed by atoms with van der Waals surface area (Å²) in [5.74, 6) is 1.88. The lowest BCUT2D eigenvalue weighted by atomic mass is 10.2. The molecule has 0 N–H and O–H groups in total. The van der Waals surface area contributed by atoms with Gasteiger partial charge in [-0.15, -0.1) is 0 Å². The number of hydrogen-bond acceptors (Lipinski definition) is 2. The maximum Gasteiger partial charge on any atom is 0.122 e. The van der Waals surface area contributed by atoms with Crippen LogP contribution in [0.3, 0.4) is 0 Å². The fraction of sp³-hybridized carbons (Fsp3) is 0.273. The van der Waals surface area contributed by atoms with Crippen LogP contribution in [0, 0.1) is 0 Å². The minimum absolute atomic E-state index is 0.555. The Morgan fingerprint density at radius 2 is 2.46 bits per heavy atom. The van der Waals surface area contributed by atoms with E-state index in [1.807, 2.05) is 18.2 Å². The monoisotopic (exact) mass is 176 g/mol. The van der Waals surface area contributed by atoms with Gasteiger partial charge >= 0.3 is 0 Å². The first-order chi connectivity index (χ1) is 6.40. The third-order valence-corrected chi connectivity index (χ3v) is 2.03. The summed E-state index contributed by atoms with van der Waals surface area (Å²) in [6.07, 6.45) is 2.73. The molecule has 0 atom stereocenters. The number of rotatable bonds is 3. The van der Waals surface area contributed by atoms with Crippen LogP contribution in [0.25, 0.3) is 0 Å². The third-order valence-electron chi connectivity index (χ3n) is 2.03. The standard InChI is InChI=1S/C11H12O2/c1-2-6-12-10-3-4-11-9(8-10)5-7-13-11/h2-4,8H,1,5-7H2. The van der Waals surface area contributed by atoms with Crippen molar-refractivity contribution in [2.75, 3.05) is 13.2 Å². The summed E-state index contributed by atoms with van der Waals surface area (Å²) in [6.45, 7) is 4.95. The molecule has 0 bridgehead atoms. The minimum Gasteiger partial charge on any atom is -0.493 e. The van der Waals surface area contributed by atoms with E-state index in [0.717, 1.165) is 24.5 Å². The van der Waals surface area contributed by atoms with E-state index >= 15 is 0 Å². The van der Waals surface area contributed by atoms with Crippen molar-refractivity contribution in [3.63, 3.8) is 0 Å². The van der Waals surface area contributed by atoms with Crippen molar-refractivity contribution in [2.45, 2.75) is 6.42 Å². The van der Waals surface area contributed by atoms with Gasteiger partial charge in [0.2, 0.25) is 0 Å². The Hall–Kier alpha value is -1.44. The summed E-state index contributed by atoms with van der Waals surface area (Å²) in [5, 5.41) is 0. The van der Waals surface area contributed by atoms with Crippen LogP contribution < -0.4 is 9.47 Å². The quantitative estimate of drug-likeness (QED) is 0.657. The van der Waals surface area contributed by atoms with Crippen molar-refractivity contribution in [3.8, 4) is 11.5 Å². The van der Waals surface area contributed by atoms with E-state index in [2.05, 4.69) is 6.58 Å². The van der Waals surface area contributed by atoms with Gasteiger partial charge < -0.3 is 9.47 Å². The van der Waals surface area contributed by atoms with Gasteiger partial charge in [0, 0.05) is 12.0 Å². The lowest BCUT2D eigenvalue weighted by Gasteiger charge is -2.04.